The Morgan fingerprint density at radius 1 is 0.913 bits per heavy atom. The molecule has 1 amide bonds. The Morgan fingerprint density at radius 2 is 1.70 bits per heavy atom. The predicted octanol–water partition coefficient (Wildman–Crippen LogP) is 2.73. The maximum atomic E-state index is 13.2. The van der Waals surface area contributed by atoms with Crippen molar-refractivity contribution in [1.29, 1.82) is 0 Å². The molecule has 0 saturated heterocycles. The average Bonchev–Trinajstić information content (AvgIpc) is 3.08. The average molecular weight is 310 g/mol. The Morgan fingerprint density at radius 3 is 2.57 bits per heavy atom. The quantitative estimate of drug-likeness (QED) is 0.458. The molecule has 6 nitrogen and oxygen atoms in total. The molecular formula is C16H11FN4O2. The zero-order chi connectivity index (χ0) is 16.0. The van der Waals surface area contributed by atoms with Gasteiger partial charge in [-0.2, -0.15) is 0 Å². The van der Waals surface area contributed by atoms with E-state index in [4.69, 9.17) is 0 Å². The first-order chi connectivity index (χ1) is 11.1. The van der Waals surface area contributed by atoms with E-state index >= 15 is 0 Å². The zero-order valence-corrected chi connectivity index (χ0v) is 11.7. The Bertz CT molecular complexity index is 1110. The van der Waals surface area contributed by atoms with E-state index in [0.717, 1.165) is 0 Å². The van der Waals surface area contributed by atoms with Crippen molar-refractivity contribution in [2.75, 3.05) is 5.32 Å². The molecule has 2 heterocycles. The Kier molecular flexibility index (Phi) is 2.80. The topological polar surface area (TPSA) is 93.5 Å². The van der Waals surface area contributed by atoms with Crippen LogP contribution in [0.1, 0.15) is 10.5 Å². The summed E-state index contributed by atoms with van der Waals surface area (Å²) in [5.41, 5.74) is 2.51. The van der Waals surface area contributed by atoms with Crippen LogP contribution in [0.3, 0.4) is 0 Å². The summed E-state index contributed by atoms with van der Waals surface area (Å²) in [6.07, 6.45) is 0. The van der Waals surface area contributed by atoms with Crippen LogP contribution >= 0.6 is 0 Å². The minimum atomic E-state index is -0.356. The number of imidazole rings is 1. The van der Waals surface area contributed by atoms with Crippen LogP contribution in [0, 0.1) is 5.82 Å². The van der Waals surface area contributed by atoms with Gasteiger partial charge < -0.3 is 20.3 Å². The molecule has 4 N–H and O–H groups in total. The third-order valence-electron chi connectivity index (χ3n) is 3.60. The molecule has 0 atom stereocenters. The van der Waals surface area contributed by atoms with E-state index in [9.17, 15) is 14.0 Å². The molecule has 0 aliphatic rings. The van der Waals surface area contributed by atoms with Crippen molar-refractivity contribution < 1.29 is 9.18 Å². The summed E-state index contributed by atoms with van der Waals surface area (Å²) >= 11 is 0. The smallest absolute Gasteiger partial charge is 0.323 e. The standard InChI is InChI=1S/C16H11FN4O2/c17-9-1-3-11-8(5-9)6-14(19-11)15(22)18-10-2-4-12-13(7-10)21-16(23)20-12/h1-7,19H,(H,18,22)(H2,20,21,23). The molecule has 7 heteroatoms. The largest absolute Gasteiger partial charge is 0.351 e. The SMILES string of the molecule is O=C(Nc1ccc2[nH]c(=O)[nH]c2c1)c1cc2cc(F)ccc2[nH]1. The fourth-order valence-corrected chi connectivity index (χ4v) is 2.53. The van der Waals surface area contributed by atoms with E-state index in [1.165, 1.54) is 12.1 Å². The molecule has 114 valence electrons. The first-order valence-electron chi connectivity index (χ1n) is 6.90. The van der Waals surface area contributed by atoms with Gasteiger partial charge in [0.05, 0.1) is 11.0 Å². The molecule has 0 radical (unpaired) electrons. The second-order valence-corrected chi connectivity index (χ2v) is 5.21. The van der Waals surface area contributed by atoms with Crippen molar-refractivity contribution in [3.05, 3.63) is 64.5 Å². The molecule has 2 aromatic heterocycles. The van der Waals surface area contributed by atoms with Gasteiger partial charge in [-0.3, -0.25) is 4.79 Å². The van der Waals surface area contributed by atoms with Gasteiger partial charge in [-0.05, 0) is 42.5 Å². The number of benzene rings is 2. The summed E-state index contributed by atoms with van der Waals surface area (Å²) in [4.78, 5) is 31.7. The number of H-pyrrole nitrogens is 3. The molecule has 0 unspecified atom stereocenters. The van der Waals surface area contributed by atoms with E-state index in [1.807, 2.05) is 0 Å². The molecular weight excluding hydrogens is 299 g/mol. The summed E-state index contributed by atoms with van der Waals surface area (Å²) in [7, 11) is 0. The van der Waals surface area contributed by atoms with Crippen molar-refractivity contribution in [2.24, 2.45) is 0 Å². The summed E-state index contributed by atoms with van der Waals surface area (Å²) in [5.74, 6) is -0.704. The maximum absolute atomic E-state index is 13.2. The van der Waals surface area contributed by atoms with Gasteiger partial charge in [-0.15, -0.1) is 0 Å². The van der Waals surface area contributed by atoms with E-state index in [1.54, 1.807) is 30.3 Å². The summed E-state index contributed by atoms with van der Waals surface area (Å²) < 4.78 is 13.2. The second kappa shape index (κ2) is 4.84. The fourth-order valence-electron chi connectivity index (χ4n) is 2.53. The predicted molar refractivity (Wildman–Crippen MR) is 85.1 cm³/mol. The number of nitrogens with one attached hydrogen (secondary N) is 4. The third kappa shape index (κ3) is 2.38. The molecule has 4 aromatic rings. The van der Waals surface area contributed by atoms with E-state index < -0.39 is 0 Å². The van der Waals surface area contributed by atoms with E-state index in [-0.39, 0.29) is 17.4 Å². The number of carbonyl (C=O) groups is 1. The number of carbonyl (C=O) groups excluding carboxylic acids is 1. The van der Waals surface area contributed by atoms with E-state index in [0.29, 0.717) is 33.3 Å². The molecule has 4 rings (SSSR count). The van der Waals surface area contributed by atoms with Gasteiger partial charge in [0.25, 0.3) is 5.91 Å². The minimum Gasteiger partial charge on any atom is -0.351 e. The van der Waals surface area contributed by atoms with Gasteiger partial charge in [0.1, 0.15) is 11.5 Å². The zero-order valence-electron chi connectivity index (χ0n) is 11.7. The lowest BCUT2D eigenvalue weighted by Crippen LogP contribution is -2.12. The number of fused-ring (bicyclic) bond motifs is 2. The monoisotopic (exact) mass is 310 g/mol. The van der Waals surface area contributed by atoms with Gasteiger partial charge in [0.2, 0.25) is 0 Å². The number of hydrogen-bond acceptors (Lipinski definition) is 2. The molecule has 23 heavy (non-hydrogen) atoms. The Hall–Kier alpha value is -3.35. The van der Waals surface area contributed by atoms with Crippen LogP contribution in [0.4, 0.5) is 10.1 Å². The normalized spacial score (nSPS) is 11.2. The van der Waals surface area contributed by atoms with Gasteiger partial charge in [-0.25, -0.2) is 9.18 Å². The van der Waals surface area contributed by atoms with Crippen LogP contribution in [0.5, 0.6) is 0 Å². The van der Waals surface area contributed by atoms with Crippen LogP contribution in [0.15, 0.2) is 47.3 Å². The molecule has 0 aliphatic heterocycles. The second-order valence-electron chi connectivity index (χ2n) is 5.21. The van der Waals surface area contributed by atoms with Crippen LogP contribution in [0.25, 0.3) is 21.9 Å². The highest BCUT2D eigenvalue weighted by Crippen LogP contribution is 2.19. The van der Waals surface area contributed by atoms with Gasteiger partial charge in [0, 0.05) is 16.6 Å². The first-order valence-corrected chi connectivity index (χ1v) is 6.90. The molecule has 0 saturated carbocycles. The van der Waals surface area contributed by atoms with Crippen LogP contribution in [0.2, 0.25) is 0 Å². The highest BCUT2D eigenvalue weighted by molar-refractivity contribution is 6.06. The number of aromatic amines is 3. The molecule has 0 spiro atoms. The van der Waals surface area contributed by atoms with Crippen molar-refractivity contribution in [1.82, 2.24) is 15.0 Å². The number of aromatic nitrogens is 3. The maximum Gasteiger partial charge on any atom is 0.323 e. The van der Waals surface area contributed by atoms with Crippen molar-refractivity contribution in [3.63, 3.8) is 0 Å². The number of amides is 1. The van der Waals surface area contributed by atoms with Gasteiger partial charge in [-0.1, -0.05) is 0 Å². The fraction of sp³-hybridized carbons (Fsp3) is 0. The minimum absolute atomic E-state index is 0.305. The first kappa shape index (κ1) is 13.3. The van der Waals surface area contributed by atoms with Crippen LogP contribution < -0.4 is 11.0 Å². The van der Waals surface area contributed by atoms with Gasteiger partial charge in [0.15, 0.2) is 0 Å². The van der Waals surface area contributed by atoms with Crippen LogP contribution in [-0.4, -0.2) is 20.9 Å². The molecule has 0 aliphatic carbocycles. The van der Waals surface area contributed by atoms with E-state index in [2.05, 4.69) is 20.3 Å². The van der Waals surface area contributed by atoms with Gasteiger partial charge >= 0.3 is 5.69 Å². The Labute approximate surface area is 128 Å². The highest BCUT2D eigenvalue weighted by atomic mass is 19.1. The summed E-state index contributed by atoms with van der Waals surface area (Å²) in [6, 6.07) is 10.9. The lowest BCUT2D eigenvalue weighted by Gasteiger charge is -2.03. The lowest BCUT2D eigenvalue weighted by atomic mass is 10.2. The third-order valence-corrected chi connectivity index (χ3v) is 3.60. The highest BCUT2D eigenvalue weighted by Gasteiger charge is 2.11. The molecule has 0 bridgehead atoms. The number of rotatable bonds is 2. The summed E-state index contributed by atoms with van der Waals surface area (Å²) in [5, 5.41) is 3.36. The molecule has 0 fully saturated rings. The van der Waals surface area contributed by atoms with Crippen molar-refractivity contribution in [2.45, 2.75) is 0 Å². The van der Waals surface area contributed by atoms with Crippen LogP contribution in [-0.2, 0) is 0 Å². The Balaban J connectivity index is 1.65. The lowest BCUT2D eigenvalue weighted by molar-refractivity contribution is 0.102. The number of anilines is 1. The number of hydrogen-bond donors (Lipinski definition) is 4. The van der Waals surface area contributed by atoms with Crippen molar-refractivity contribution >= 4 is 33.5 Å². The summed E-state index contributed by atoms with van der Waals surface area (Å²) in [6.45, 7) is 0. The number of halogens is 1. The van der Waals surface area contributed by atoms with Crippen molar-refractivity contribution in [3.8, 4) is 0 Å². The molecule has 2 aromatic carbocycles.